The summed E-state index contributed by atoms with van der Waals surface area (Å²) in [5, 5.41) is 9.40. The molecule has 156 valence electrons. The molecule has 0 spiro atoms. The lowest BCUT2D eigenvalue weighted by Crippen LogP contribution is -2.35. The third-order valence-corrected chi connectivity index (χ3v) is 6.22. The van der Waals surface area contributed by atoms with Crippen LogP contribution in [0.2, 0.25) is 0 Å². The minimum atomic E-state index is -4.10. The second kappa shape index (κ2) is 8.17. The average Bonchev–Trinajstić information content (AvgIpc) is 3.15. The Kier molecular flexibility index (Phi) is 5.82. The molecule has 3 rings (SSSR count). The zero-order valence-electron chi connectivity index (χ0n) is 16.0. The van der Waals surface area contributed by atoms with Crippen LogP contribution in [0.5, 0.6) is 0 Å². The lowest BCUT2D eigenvalue weighted by Gasteiger charge is -2.20. The number of rotatable bonds is 7. The monoisotopic (exact) mass is 433 g/mol. The van der Waals surface area contributed by atoms with Crippen molar-refractivity contribution in [2.75, 3.05) is 17.8 Å². The van der Waals surface area contributed by atoms with Crippen molar-refractivity contribution >= 4 is 32.7 Å². The van der Waals surface area contributed by atoms with Crippen molar-refractivity contribution in [3.8, 4) is 6.07 Å². The molecule has 0 aliphatic carbocycles. The number of ketones is 1. The topological polar surface area (TPSA) is 119 Å². The van der Waals surface area contributed by atoms with Gasteiger partial charge in [-0.05, 0) is 18.2 Å². The van der Waals surface area contributed by atoms with Gasteiger partial charge < -0.3 is 4.98 Å². The van der Waals surface area contributed by atoms with Gasteiger partial charge in [0.05, 0.1) is 28.4 Å². The molecule has 0 atom stereocenters. The van der Waals surface area contributed by atoms with Crippen LogP contribution in [0.15, 0.2) is 30.6 Å². The molecule has 0 saturated carbocycles. The molecule has 3 aromatic rings. The molecule has 11 heteroatoms. The number of hydrogen-bond acceptors (Lipinski definition) is 5. The van der Waals surface area contributed by atoms with Crippen LogP contribution in [0.4, 0.5) is 14.5 Å². The number of H-pyrrole nitrogens is 1. The summed E-state index contributed by atoms with van der Waals surface area (Å²) in [5.41, 5.74) is -1.36. The van der Waals surface area contributed by atoms with E-state index in [9.17, 15) is 22.9 Å². The van der Waals surface area contributed by atoms with Crippen LogP contribution in [0, 0.1) is 23.0 Å². The van der Waals surface area contributed by atoms with Crippen LogP contribution in [-0.4, -0.2) is 41.6 Å². The molecule has 1 aromatic carbocycles. The van der Waals surface area contributed by atoms with Crippen molar-refractivity contribution in [3.63, 3.8) is 0 Å². The highest BCUT2D eigenvalue weighted by Gasteiger charge is 2.27. The fourth-order valence-corrected chi connectivity index (χ4v) is 4.31. The Morgan fingerprint density at radius 1 is 1.27 bits per heavy atom. The SMILES string of the molecule is CCN(CC)S(=O)(=O)Nc1ccc(F)c(C(=O)c2c[nH]c3nccc(C#N)c23)c1F. The minimum Gasteiger partial charge on any atom is -0.345 e. The minimum absolute atomic E-state index is 0.101. The van der Waals surface area contributed by atoms with E-state index < -0.39 is 38.9 Å². The number of aromatic amines is 1. The number of nitrogens with one attached hydrogen (secondary N) is 2. The molecule has 0 unspecified atom stereocenters. The Hall–Kier alpha value is -3.36. The Labute approximate surface area is 171 Å². The first-order valence-corrected chi connectivity index (χ1v) is 10.4. The molecule has 0 bridgehead atoms. The smallest absolute Gasteiger partial charge is 0.301 e. The zero-order chi connectivity index (χ0) is 22.1. The summed E-state index contributed by atoms with van der Waals surface area (Å²) in [6, 6.07) is 4.98. The maximum atomic E-state index is 15.1. The largest absolute Gasteiger partial charge is 0.345 e. The van der Waals surface area contributed by atoms with Crippen molar-refractivity contribution in [2.45, 2.75) is 13.8 Å². The highest BCUT2D eigenvalue weighted by Crippen LogP contribution is 2.28. The van der Waals surface area contributed by atoms with Crippen molar-refractivity contribution in [3.05, 3.63) is 58.9 Å². The van der Waals surface area contributed by atoms with Gasteiger partial charge in [0.25, 0.3) is 0 Å². The molecule has 2 aromatic heterocycles. The number of carbonyl (C=O) groups is 1. The molecule has 0 fully saturated rings. The van der Waals surface area contributed by atoms with Gasteiger partial charge in [-0.2, -0.15) is 18.0 Å². The number of benzene rings is 1. The molecule has 0 radical (unpaired) electrons. The molecule has 0 aliphatic heterocycles. The number of halogens is 2. The van der Waals surface area contributed by atoms with Crippen molar-refractivity contribution < 1.29 is 22.0 Å². The quantitative estimate of drug-likeness (QED) is 0.555. The summed E-state index contributed by atoms with van der Waals surface area (Å²) in [6.07, 6.45) is 2.56. The Morgan fingerprint density at radius 2 is 1.97 bits per heavy atom. The predicted octanol–water partition coefficient (Wildman–Crippen LogP) is 2.94. The molecule has 0 saturated heterocycles. The van der Waals surface area contributed by atoms with Gasteiger partial charge in [0, 0.05) is 30.9 Å². The Balaban J connectivity index is 2.11. The summed E-state index contributed by atoms with van der Waals surface area (Å²) in [6.45, 7) is 3.49. The first kappa shape index (κ1) is 21.4. The summed E-state index contributed by atoms with van der Waals surface area (Å²) < 4.78 is 57.4. The van der Waals surface area contributed by atoms with Gasteiger partial charge in [-0.1, -0.05) is 13.8 Å². The molecule has 2 N–H and O–H groups in total. The molecule has 0 amide bonds. The van der Waals surface area contributed by atoms with Crippen LogP contribution >= 0.6 is 0 Å². The summed E-state index contributed by atoms with van der Waals surface area (Å²) in [7, 11) is -4.10. The summed E-state index contributed by atoms with van der Waals surface area (Å²) in [4.78, 5) is 19.7. The summed E-state index contributed by atoms with van der Waals surface area (Å²) in [5.74, 6) is -3.57. The summed E-state index contributed by atoms with van der Waals surface area (Å²) >= 11 is 0. The number of hydrogen-bond donors (Lipinski definition) is 2. The van der Waals surface area contributed by atoms with E-state index in [1.165, 1.54) is 18.5 Å². The van der Waals surface area contributed by atoms with Crippen molar-refractivity contribution in [1.82, 2.24) is 14.3 Å². The van der Waals surface area contributed by atoms with Crippen LogP contribution < -0.4 is 4.72 Å². The maximum Gasteiger partial charge on any atom is 0.301 e. The first-order chi connectivity index (χ1) is 14.2. The molecule has 8 nitrogen and oxygen atoms in total. The van der Waals surface area contributed by atoms with Gasteiger partial charge in [-0.3, -0.25) is 9.52 Å². The number of nitrogens with zero attached hydrogens (tertiary/aromatic N) is 3. The lowest BCUT2D eigenvalue weighted by atomic mass is 10.00. The lowest BCUT2D eigenvalue weighted by molar-refractivity contribution is 0.103. The highest BCUT2D eigenvalue weighted by molar-refractivity contribution is 7.90. The van der Waals surface area contributed by atoms with E-state index in [1.54, 1.807) is 13.8 Å². The fraction of sp³-hybridized carbons (Fsp3) is 0.211. The maximum absolute atomic E-state index is 15.1. The van der Waals surface area contributed by atoms with Gasteiger partial charge in [0.2, 0.25) is 5.78 Å². The van der Waals surface area contributed by atoms with Gasteiger partial charge >= 0.3 is 10.2 Å². The van der Waals surface area contributed by atoms with Crippen LogP contribution in [0.1, 0.15) is 35.3 Å². The van der Waals surface area contributed by atoms with E-state index >= 15 is 4.39 Å². The van der Waals surface area contributed by atoms with E-state index in [0.29, 0.717) is 0 Å². The normalized spacial score (nSPS) is 11.6. The Morgan fingerprint density at radius 3 is 2.60 bits per heavy atom. The number of nitriles is 1. The molecule has 2 heterocycles. The molecule has 0 aliphatic rings. The number of pyridine rings is 1. The van der Waals surface area contributed by atoms with Gasteiger partial charge in [0.15, 0.2) is 5.82 Å². The number of aromatic nitrogens is 2. The highest BCUT2D eigenvalue weighted by atomic mass is 32.2. The van der Waals surface area contributed by atoms with E-state index in [4.69, 9.17) is 0 Å². The third kappa shape index (κ3) is 3.62. The van der Waals surface area contributed by atoms with E-state index in [2.05, 4.69) is 9.97 Å². The van der Waals surface area contributed by atoms with Gasteiger partial charge in [-0.25, -0.2) is 13.8 Å². The Bertz CT molecular complexity index is 1280. The number of anilines is 1. The fourth-order valence-electron chi connectivity index (χ4n) is 3.07. The van der Waals surface area contributed by atoms with Crippen molar-refractivity contribution in [1.29, 1.82) is 5.26 Å². The van der Waals surface area contributed by atoms with Crippen LogP contribution in [0.25, 0.3) is 11.0 Å². The van der Waals surface area contributed by atoms with Crippen LogP contribution in [-0.2, 0) is 10.2 Å². The average molecular weight is 433 g/mol. The van der Waals surface area contributed by atoms with Crippen molar-refractivity contribution in [2.24, 2.45) is 0 Å². The first-order valence-electron chi connectivity index (χ1n) is 8.91. The van der Waals surface area contributed by atoms with Gasteiger partial charge in [-0.15, -0.1) is 0 Å². The molecular weight excluding hydrogens is 416 g/mol. The standard InChI is InChI=1S/C19H17F2N5O3S/c1-3-26(4-2)30(28,29)25-14-6-5-13(20)16(17(14)21)18(27)12-10-24-19-15(12)11(9-22)7-8-23-19/h5-8,10,25H,3-4H2,1-2H3,(H,23,24). The number of fused-ring (bicyclic) bond motifs is 1. The second-order valence-corrected chi connectivity index (χ2v) is 7.87. The predicted molar refractivity (Wildman–Crippen MR) is 106 cm³/mol. The second-order valence-electron chi connectivity index (χ2n) is 6.20. The van der Waals surface area contributed by atoms with E-state index in [1.807, 2.05) is 10.8 Å². The van der Waals surface area contributed by atoms with Gasteiger partial charge in [0.1, 0.15) is 11.5 Å². The zero-order valence-corrected chi connectivity index (χ0v) is 16.8. The third-order valence-electron chi connectivity index (χ3n) is 4.54. The molecule has 30 heavy (non-hydrogen) atoms. The van der Waals surface area contributed by atoms with E-state index in [-0.39, 0.29) is 35.2 Å². The molecular formula is C19H17F2N5O3S. The van der Waals surface area contributed by atoms with Crippen LogP contribution in [0.3, 0.4) is 0 Å². The number of carbonyl (C=O) groups excluding carboxylic acids is 1. The van der Waals surface area contributed by atoms with E-state index in [0.717, 1.165) is 16.4 Å².